The first kappa shape index (κ1) is 13.0. The van der Waals surface area contributed by atoms with Crippen molar-refractivity contribution in [1.29, 1.82) is 0 Å². The summed E-state index contributed by atoms with van der Waals surface area (Å²) in [6.07, 6.45) is 1.64. The summed E-state index contributed by atoms with van der Waals surface area (Å²) >= 11 is 4.64. The molecule has 18 heavy (non-hydrogen) atoms. The van der Waals surface area contributed by atoms with Crippen molar-refractivity contribution in [3.8, 4) is 0 Å². The molecule has 0 aliphatic heterocycles. The van der Waals surface area contributed by atoms with Gasteiger partial charge in [0.15, 0.2) is 5.13 Å². The maximum Gasteiger partial charge on any atom is 0.259 e. The van der Waals surface area contributed by atoms with E-state index in [1.165, 1.54) is 11.3 Å². The highest BCUT2D eigenvalue weighted by Crippen LogP contribution is 2.24. The highest BCUT2D eigenvalue weighted by molar-refractivity contribution is 9.11. The number of carbonyl (C=O) groups excluding carboxylic acids is 1. The average Bonchev–Trinajstić information content (AvgIpc) is 2.74. The van der Waals surface area contributed by atoms with Gasteiger partial charge in [-0.2, -0.15) is 0 Å². The van der Waals surface area contributed by atoms with Gasteiger partial charge in [-0.25, -0.2) is 4.98 Å². The van der Waals surface area contributed by atoms with Gasteiger partial charge in [-0.3, -0.25) is 16.0 Å². The van der Waals surface area contributed by atoms with Crippen LogP contribution in [-0.2, 0) is 0 Å². The standard InChI is InChI=1S/C11H11BrN4OS/c1-6-2-3-7(8(4-6)16-13)10(17)15-11-14-5-9(12)18-11/h2-5,16H,13H2,1H3,(H,14,15,17). The molecule has 0 fully saturated rings. The first-order valence-corrected chi connectivity index (χ1v) is 6.71. The van der Waals surface area contributed by atoms with E-state index in [0.717, 1.165) is 9.35 Å². The Balaban J connectivity index is 2.23. The van der Waals surface area contributed by atoms with Crippen LogP contribution in [0.4, 0.5) is 10.8 Å². The molecule has 0 aliphatic rings. The van der Waals surface area contributed by atoms with Crippen molar-refractivity contribution >= 4 is 44.0 Å². The van der Waals surface area contributed by atoms with E-state index in [1.54, 1.807) is 12.3 Å². The molecule has 2 aromatic rings. The van der Waals surface area contributed by atoms with Crippen LogP contribution in [0.5, 0.6) is 0 Å². The molecule has 1 heterocycles. The maximum absolute atomic E-state index is 12.1. The van der Waals surface area contributed by atoms with E-state index in [0.29, 0.717) is 16.4 Å². The topological polar surface area (TPSA) is 80.0 Å². The molecular weight excluding hydrogens is 316 g/mol. The molecule has 5 nitrogen and oxygen atoms in total. The number of halogens is 1. The second-order valence-electron chi connectivity index (χ2n) is 3.62. The molecular formula is C11H11BrN4OS. The molecule has 2 rings (SSSR count). The molecule has 0 spiro atoms. The third kappa shape index (κ3) is 2.87. The molecule has 1 aromatic heterocycles. The minimum Gasteiger partial charge on any atom is -0.323 e. The zero-order valence-electron chi connectivity index (χ0n) is 9.53. The minimum absolute atomic E-state index is 0.246. The molecule has 7 heteroatoms. The number of nitrogens with one attached hydrogen (secondary N) is 2. The van der Waals surface area contributed by atoms with Crippen molar-refractivity contribution < 1.29 is 4.79 Å². The predicted molar refractivity (Wildman–Crippen MR) is 76.8 cm³/mol. The molecule has 0 atom stereocenters. The van der Waals surface area contributed by atoms with Crippen LogP contribution >= 0.6 is 27.3 Å². The Hall–Kier alpha value is -1.44. The molecule has 4 N–H and O–H groups in total. The third-order valence-electron chi connectivity index (χ3n) is 2.27. The molecule has 0 saturated heterocycles. The number of nitrogens with zero attached hydrogens (tertiary/aromatic N) is 1. The van der Waals surface area contributed by atoms with Crippen molar-refractivity contribution in [2.24, 2.45) is 5.84 Å². The van der Waals surface area contributed by atoms with E-state index in [1.807, 2.05) is 19.1 Å². The van der Waals surface area contributed by atoms with Crippen molar-refractivity contribution in [3.05, 3.63) is 39.3 Å². The zero-order chi connectivity index (χ0) is 13.1. The lowest BCUT2D eigenvalue weighted by atomic mass is 10.1. The van der Waals surface area contributed by atoms with Gasteiger partial charge in [-0.15, -0.1) is 0 Å². The monoisotopic (exact) mass is 326 g/mol. The van der Waals surface area contributed by atoms with Gasteiger partial charge in [0.1, 0.15) is 0 Å². The molecule has 94 valence electrons. The number of aromatic nitrogens is 1. The molecule has 0 radical (unpaired) electrons. The largest absolute Gasteiger partial charge is 0.323 e. The fourth-order valence-electron chi connectivity index (χ4n) is 1.45. The van der Waals surface area contributed by atoms with Crippen LogP contribution in [0, 0.1) is 6.92 Å². The van der Waals surface area contributed by atoms with Crippen LogP contribution in [0.2, 0.25) is 0 Å². The van der Waals surface area contributed by atoms with Crippen molar-refractivity contribution in [1.82, 2.24) is 4.98 Å². The fraction of sp³-hybridized carbons (Fsp3) is 0.0909. The number of rotatable bonds is 3. The number of hydrogen-bond acceptors (Lipinski definition) is 5. The van der Waals surface area contributed by atoms with Gasteiger partial charge < -0.3 is 5.43 Å². The van der Waals surface area contributed by atoms with E-state index in [9.17, 15) is 4.79 Å². The van der Waals surface area contributed by atoms with Crippen LogP contribution < -0.4 is 16.6 Å². The van der Waals surface area contributed by atoms with Crippen molar-refractivity contribution in [2.45, 2.75) is 6.92 Å². The first-order valence-electron chi connectivity index (χ1n) is 5.10. The molecule has 1 amide bonds. The molecule has 1 aromatic carbocycles. The number of hydrazine groups is 1. The van der Waals surface area contributed by atoms with Gasteiger partial charge >= 0.3 is 0 Å². The highest BCUT2D eigenvalue weighted by Gasteiger charge is 2.12. The van der Waals surface area contributed by atoms with Gasteiger partial charge in [0.25, 0.3) is 5.91 Å². The average molecular weight is 327 g/mol. The second-order valence-corrected chi connectivity index (χ2v) is 6.03. The quantitative estimate of drug-likeness (QED) is 0.598. The van der Waals surface area contributed by atoms with E-state index < -0.39 is 0 Å². The van der Waals surface area contributed by atoms with Crippen LogP contribution in [-0.4, -0.2) is 10.9 Å². The number of nitrogens with two attached hydrogens (primary N) is 1. The van der Waals surface area contributed by atoms with Crippen LogP contribution in [0.3, 0.4) is 0 Å². The summed E-state index contributed by atoms with van der Waals surface area (Å²) in [7, 11) is 0. The Morgan fingerprint density at radius 2 is 2.28 bits per heavy atom. The number of thiazole rings is 1. The van der Waals surface area contributed by atoms with Crippen LogP contribution in [0.25, 0.3) is 0 Å². The first-order chi connectivity index (χ1) is 8.60. The highest BCUT2D eigenvalue weighted by atomic mass is 79.9. The fourth-order valence-corrected chi connectivity index (χ4v) is 2.55. The van der Waals surface area contributed by atoms with Gasteiger partial charge in [-0.1, -0.05) is 17.4 Å². The van der Waals surface area contributed by atoms with Gasteiger partial charge in [0.2, 0.25) is 0 Å². The summed E-state index contributed by atoms with van der Waals surface area (Å²) in [6, 6.07) is 5.39. The summed E-state index contributed by atoms with van der Waals surface area (Å²) in [5, 5.41) is 3.25. The van der Waals surface area contributed by atoms with E-state index >= 15 is 0 Å². The summed E-state index contributed by atoms with van der Waals surface area (Å²) in [4.78, 5) is 16.1. The number of hydrogen-bond donors (Lipinski definition) is 3. The Morgan fingerprint density at radius 1 is 1.50 bits per heavy atom. The number of amides is 1. The van der Waals surface area contributed by atoms with E-state index in [4.69, 9.17) is 5.84 Å². The Bertz CT molecular complexity index is 584. The van der Waals surface area contributed by atoms with Crippen LogP contribution in [0.1, 0.15) is 15.9 Å². The molecule has 0 bridgehead atoms. The third-order valence-corrected chi connectivity index (χ3v) is 3.66. The maximum atomic E-state index is 12.1. The molecule has 0 saturated carbocycles. The van der Waals surface area contributed by atoms with Crippen molar-refractivity contribution in [2.75, 3.05) is 10.7 Å². The molecule has 0 aliphatic carbocycles. The minimum atomic E-state index is -0.246. The molecule has 0 unspecified atom stereocenters. The Labute approximate surface area is 117 Å². The summed E-state index contributed by atoms with van der Waals surface area (Å²) in [5.41, 5.74) is 4.61. The summed E-state index contributed by atoms with van der Waals surface area (Å²) < 4.78 is 0.860. The normalized spacial score (nSPS) is 10.2. The number of carbonyl (C=O) groups is 1. The number of nitrogen functional groups attached to an aromatic ring is 1. The Kier molecular flexibility index (Phi) is 3.95. The summed E-state index contributed by atoms with van der Waals surface area (Å²) in [6.45, 7) is 1.93. The lowest BCUT2D eigenvalue weighted by Crippen LogP contribution is -2.17. The zero-order valence-corrected chi connectivity index (χ0v) is 11.9. The number of benzene rings is 1. The van der Waals surface area contributed by atoms with Crippen LogP contribution in [0.15, 0.2) is 28.2 Å². The number of anilines is 2. The summed E-state index contributed by atoms with van der Waals surface area (Å²) in [5.74, 6) is 5.16. The predicted octanol–water partition coefficient (Wildman–Crippen LogP) is 2.75. The smallest absolute Gasteiger partial charge is 0.259 e. The lowest BCUT2D eigenvalue weighted by molar-refractivity contribution is 0.102. The Morgan fingerprint density at radius 3 is 2.89 bits per heavy atom. The van der Waals surface area contributed by atoms with Gasteiger partial charge in [0, 0.05) is 0 Å². The van der Waals surface area contributed by atoms with Crippen molar-refractivity contribution in [3.63, 3.8) is 0 Å². The van der Waals surface area contributed by atoms with Gasteiger partial charge in [0.05, 0.1) is 21.2 Å². The lowest BCUT2D eigenvalue weighted by Gasteiger charge is -2.09. The number of aryl methyl sites for hydroxylation is 1. The van der Waals surface area contributed by atoms with E-state index in [2.05, 4.69) is 31.7 Å². The van der Waals surface area contributed by atoms with Gasteiger partial charge in [-0.05, 0) is 40.5 Å². The second kappa shape index (κ2) is 5.47. The van der Waals surface area contributed by atoms with E-state index in [-0.39, 0.29) is 5.91 Å². The SMILES string of the molecule is Cc1ccc(C(=O)Nc2ncc(Br)s2)c(NN)c1.